The zero-order valence-electron chi connectivity index (χ0n) is 16.7. The smallest absolute Gasteiger partial charge is 0.329 e. The number of hydrogen-bond acceptors (Lipinski definition) is 3. The van der Waals surface area contributed by atoms with Crippen molar-refractivity contribution in [3.8, 4) is 0 Å². The highest BCUT2D eigenvalue weighted by molar-refractivity contribution is 5.95. The van der Waals surface area contributed by atoms with E-state index in [1.54, 1.807) is 0 Å². The molecule has 0 saturated heterocycles. The molecular formula is C24H28N2O2. The average Bonchev–Trinajstić information content (AvgIpc) is 3.10. The van der Waals surface area contributed by atoms with Gasteiger partial charge in [0.1, 0.15) is 12.6 Å². The second kappa shape index (κ2) is 8.09. The van der Waals surface area contributed by atoms with Gasteiger partial charge in [0.25, 0.3) is 0 Å². The zero-order valence-corrected chi connectivity index (χ0v) is 16.7. The third kappa shape index (κ3) is 3.77. The van der Waals surface area contributed by atoms with Gasteiger partial charge in [-0.05, 0) is 48.9 Å². The van der Waals surface area contributed by atoms with Crippen molar-refractivity contribution in [3.05, 3.63) is 65.9 Å². The van der Waals surface area contributed by atoms with Gasteiger partial charge in [-0.25, -0.2) is 4.79 Å². The van der Waals surface area contributed by atoms with Gasteiger partial charge in [-0.3, -0.25) is 0 Å². The number of fused-ring (bicyclic) bond motifs is 3. The van der Waals surface area contributed by atoms with E-state index in [0.717, 1.165) is 24.2 Å². The lowest BCUT2D eigenvalue weighted by molar-refractivity contribution is -0.146. The van der Waals surface area contributed by atoms with Gasteiger partial charge in [-0.2, -0.15) is 0 Å². The van der Waals surface area contributed by atoms with Crippen molar-refractivity contribution in [2.24, 2.45) is 5.92 Å². The standard InChI is InChI=1S/C24H28N2O2/c1-17(2)23(24(27)28-16-18-9-4-3-5-10-18)25-21-12-8-13-22-20(21)15-19-11-6-7-14-26(19)22/h3-5,8-10,12-13,15,17,23,25H,6-7,11,14,16H2,1-2H3/t23-/m0/s1. The molecule has 2 heterocycles. The van der Waals surface area contributed by atoms with Crippen molar-refractivity contribution in [1.29, 1.82) is 0 Å². The SMILES string of the molecule is CC(C)[C@H](Nc1cccc2c1cc1n2CCCC1)C(=O)OCc1ccccc1. The van der Waals surface area contributed by atoms with Gasteiger partial charge in [-0.1, -0.05) is 50.2 Å². The molecule has 0 bridgehead atoms. The topological polar surface area (TPSA) is 43.3 Å². The van der Waals surface area contributed by atoms with Crippen molar-refractivity contribution < 1.29 is 9.53 Å². The van der Waals surface area contributed by atoms with Crippen LogP contribution >= 0.6 is 0 Å². The van der Waals surface area contributed by atoms with Crippen LogP contribution in [0.15, 0.2) is 54.6 Å². The molecule has 0 spiro atoms. The Morgan fingerprint density at radius 1 is 1.11 bits per heavy atom. The van der Waals surface area contributed by atoms with Crippen molar-refractivity contribution in [2.75, 3.05) is 5.32 Å². The van der Waals surface area contributed by atoms with E-state index in [1.165, 1.54) is 29.4 Å². The maximum atomic E-state index is 12.8. The Morgan fingerprint density at radius 2 is 1.93 bits per heavy atom. The first-order chi connectivity index (χ1) is 13.6. The molecule has 4 rings (SSSR count). The number of ether oxygens (including phenoxy) is 1. The summed E-state index contributed by atoms with van der Waals surface area (Å²) in [5.74, 6) is -0.0874. The predicted octanol–water partition coefficient (Wildman–Crippen LogP) is 5.16. The molecule has 146 valence electrons. The van der Waals surface area contributed by atoms with E-state index in [2.05, 4.69) is 34.1 Å². The molecule has 4 heteroatoms. The van der Waals surface area contributed by atoms with Crippen LogP contribution in [-0.4, -0.2) is 16.6 Å². The molecular weight excluding hydrogens is 348 g/mol. The molecule has 0 amide bonds. The van der Waals surface area contributed by atoms with Crippen LogP contribution < -0.4 is 5.32 Å². The molecule has 0 aliphatic carbocycles. The first kappa shape index (κ1) is 18.6. The van der Waals surface area contributed by atoms with Gasteiger partial charge in [0.15, 0.2) is 0 Å². The molecule has 1 aliphatic heterocycles. The lowest BCUT2D eigenvalue weighted by atomic mass is 10.0. The highest BCUT2D eigenvalue weighted by Crippen LogP contribution is 2.31. The molecule has 28 heavy (non-hydrogen) atoms. The Kier molecular flexibility index (Phi) is 5.38. The number of aromatic nitrogens is 1. The molecule has 1 N–H and O–H groups in total. The summed E-state index contributed by atoms with van der Waals surface area (Å²) in [4.78, 5) is 12.8. The van der Waals surface area contributed by atoms with Crippen LogP contribution in [0.2, 0.25) is 0 Å². The number of rotatable bonds is 6. The normalized spacial score (nSPS) is 14.7. The minimum atomic E-state index is -0.383. The Balaban J connectivity index is 1.55. The summed E-state index contributed by atoms with van der Waals surface area (Å²) in [6, 6.07) is 18.0. The maximum absolute atomic E-state index is 12.8. The van der Waals surface area contributed by atoms with E-state index in [9.17, 15) is 4.79 Å². The fourth-order valence-corrected chi connectivity index (χ4v) is 4.00. The Labute approximate surface area is 166 Å². The summed E-state index contributed by atoms with van der Waals surface area (Å²) in [5, 5.41) is 4.67. The number of carbonyl (C=O) groups excluding carboxylic acids is 1. The van der Waals surface area contributed by atoms with Gasteiger partial charge in [0.2, 0.25) is 0 Å². The van der Waals surface area contributed by atoms with Crippen LogP contribution in [0.25, 0.3) is 10.9 Å². The third-order valence-electron chi connectivity index (χ3n) is 5.55. The maximum Gasteiger partial charge on any atom is 0.329 e. The molecule has 2 aromatic carbocycles. The van der Waals surface area contributed by atoms with Crippen LogP contribution in [0.3, 0.4) is 0 Å². The zero-order chi connectivity index (χ0) is 19.5. The van der Waals surface area contributed by atoms with E-state index < -0.39 is 0 Å². The number of hydrogen-bond donors (Lipinski definition) is 1. The van der Waals surface area contributed by atoms with E-state index in [-0.39, 0.29) is 17.9 Å². The number of nitrogens with one attached hydrogen (secondary N) is 1. The van der Waals surface area contributed by atoms with Crippen LogP contribution in [0.5, 0.6) is 0 Å². The van der Waals surface area contributed by atoms with Crippen LogP contribution in [0.1, 0.15) is 37.9 Å². The van der Waals surface area contributed by atoms with Gasteiger partial charge in [0.05, 0.1) is 5.52 Å². The lowest BCUT2D eigenvalue weighted by Crippen LogP contribution is -2.36. The summed E-state index contributed by atoms with van der Waals surface area (Å²) in [7, 11) is 0. The van der Waals surface area contributed by atoms with Crippen molar-refractivity contribution >= 4 is 22.6 Å². The van der Waals surface area contributed by atoms with Gasteiger partial charge < -0.3 is 14.6 Å². The number of carbonyl (C=O) groups is 1. The Morgan fingerprint density at radius 3 is 2.71 bits per heavy atom. The van der Waals surface area contributed by atoms with E-state index in [1.807, 2.05) is 44.2 Å². The molecule has 1 aromatic heterocycles. The molecule has 0 unspecified atom stereocenters. The lowest BCUT2D eigenvalue weighted by Gasteiger charge is -2.22. The molecule has 0 radical (unpaired) electrons. The van der Waals surface area contributed by atoms with Crippen LogP contribution in [0, 0.1) is 5.92 Å². The quantitative estimate of drug-likeness (QED) is 0.605. The van der Waals surface area contributed by atoms with Crippen molar-refractivity contribution in [1.82, 2.24) is 4.57 Å². The van der Waals surface area contributed by atoms with E-state index in [0.29, 0.717) is 6.61 Å². The third-order valence-corrected chi connectivity index (χ3v) is 5.55. The highest BCUT2D eigenvalue weighted by Gasteiger charge is 2.25. The second-order valence-electron chi connectivity index (χ2n) is 7.94. The monoisotopic (exact) mass is 376 g/mol. The summed E-state index contributed by atoms with van der Waals surface area (Å²) < 4.78 is 8.03. The average molecular weight is 377 g/mol. The first-order valence-corrected chi connectivity index (χ1v) is 10.2. The molecule has 0 saturated carbocycles. The van der Waals surface area contributed by atoms with Crippen LogP contribution in [-0.2, 0) is 29.1 Å². The molecule has 1 atom stereocenters. The van der Waals surface area contributed by atoms with Crippen molar-refractivity contribution in [3.63, 3.8) is 0 Å². The second-order valence-corrected chi connectivity index (χ2v) is 7.94. The van der Waals surface area contributed by atoms with Crippen molar-refractivity contribution in [2.45, 2.75) is 52.3 Å². The summed E-state index contributed by atoms with van der Waals surface area (Å²) in [5.41, 5.74) is 4.65. The number of esters is 1. The minimum absolute atomic E-state index is 0.121. The van der Waals surface area contributed by atoms with Gasteiger partial charge in [-0.15, -0.1) is 0 Å². The molecule has 1 aliphatic rings. The Hall–Kier alpha value is -2.75. The van der Waals surface area contributed by atoms with Gasteiger partial charge >= 0.3 is 5.97 Å². The predicted molar refractivity (Wildman–Crippen MR) is 113 cm³/mol. The summed E-state index contributed by atoms with van der Waals surface area (Å²) in [6.45, 7) is 5.48. The fraction of sp³-hybridized carbons (Fsp3) is 0.375. The summed E-state index contributed by atoms with van der Waals surface area (Å²) in [6.07, 6.45) is 3.61. The summed E-state index contributed by atoms with van der Waals surface area (Å²) >= 11 is 0. The number of nitrogens with zero attached hydrogens (tertiary/aromatic N) is 1. The molecule has 3 aromatic rings. The minimum Gasteiger partial charge on any atom is -0.459 e. The number of benzene rings is 2. The van der Waals surface area contributed by atoms with Gasteiger partial charge in [0, 0.05) is 23.3 Å². The molecule has 0 fully saturated rings. The number of anilines is 1. The fourth-order valence-electron chi connectivity index (χ4n) is 4.00. The van der Waals surface area contributed by atoms with E-state index in [4.69, 9.17) is 4.74 Å². The first-order valence-electron chi connectivity index (χ1n) is 10.2. The Bertz CT molecular complexity index is 959. The van der Waals surface area contributed by atoms with E-state index >= 15 is 0 Å². The largest absolute Gasteiger partial charge is 0.459 e. The highest BCUT2D eigenvalue weighted by atomic mass is 16.5. The number of aryl methyl sites for hydroxylation is 2. The molecule has 4 nitrogen and oxygen atoms in total. The van der Waals surface area contributed by atoms with Crippen LogP contribution in [0.4, 0.5) is 5.69 Å².